The summed E-state index contributed by atoms with van der Waals surface area (Å²) in [5.41, 5.74) is -0.122. The summed E-state index contributed by atoms with van der Waals surface area (Å²) < 4.78 is 11.1. The van der Waals surface area contributed by atoms with Gasteiger partial charge in [-0.05, 0) is 26.3 Å². The van der Waals surface area contributed by atoms with Crippen molar-refractivity contribution in [2.75, 3.05) is 6.61 Å². The van der Waals surface area contributed by atoms with Crippen LogP contribution in [-0.2, 0) is 20.9 Å². The maximum absolute atomic E-state index is 11.9. The molecule has 0 fully saturated rings. The number of esters is 1. The van der Waals surface area contributed by atoms with Gasteiger partial charge in [0.2, 0.25) is 0 Å². The van der Waals surface area contributed by atoms with Crippen molar-refractivity contribution in [3.8, 4) is 0 Å². The molecule has 0 radical (unpaired) electrons. The number of benzene rings is 1. The Morgan fingerprint density at radius 2 is 2.03 bits per heavy atom. The van der Waals surface area contributed by atoms with Crippen molar-refractivity contribution in [3.05, 3.63) is 50.2 Å². The third-order valence-corrected chi connectivity index (χ3v) is 4.01. The van der Waals surface area contributed by atoms with E-state index < -0.39 is 34.8 Å². The van der Waals surface area contributed by atoms with Gasteiger partial charge in [-0.1, -0.05) is 0 Å². The second kappa shape index (κ2) is 8.95. The van der Waals surface area contributed by atoms with E-state index in [0.717, 1.165) is 6.07 Å². The molecule has 0 atom stereocenters. The molecule has 0 aliphatic rings. The van der Waals surface area contributed by atoms with Crippen LogP contribution < -0.4 is 5.76 Å². The normalized spacial score (nSPS) is 11.8. The lowest BCUT2D eigenvalue weighted by molar-refractivity contribution is -0.384. The number of rotatable bonds is 9. The number of aliphatic hydroxyl groups excluding tert-OH is 1. The Bertz CT molecular complexity index is 1060. The summed E-state index contributed by atoms with van der Waals surface area (Å²) in [6.07, 6.45) is 0.121. The number of nitrogens with one attached hydrogen (secondary N) is 1. The standard InChI is InChI=1S/C18H19N3O8/c1-10(19)17(11(2)22)14(23)9-28-16(24)4-3-7-20-13-6-5-12(21(26)27)8-15(13)29-18(20)25/h5-6,8,19,23H,3-4,7,9H2,1-2H3/b17-14+,19-10?. The Morgan fingerprint density at radius 1 is 1.34 bits per heavy atom. The lowest BCUT2D eigenvalue weighted by Gasteiger charge is -2.08. The fraction of sp³-hybridized carbons (Fsp3) is 0.333. The summed E-state index contributed by atoms with van der Waals surface area (Å²) in [6, 6.07) is 3.78. The van der Waals surface area contributed by atoms with Crippen molar-refractivity contribution < 1.29 is 28.8 Å². The first-order valence-electron chi connectivity index (χ1n) is 8.53. The lowest BCUT2D eigenvalue weighted by atomic mass is 10.1. The average Bonchev–Trinajstić information content (AvgIpc) is 2.94. The third kappa shape index (κ3) is 5.15. The minimum atomic E-state index is -0.706. The highest BCUT2D eigenvalue weighted by Gasteiger charge is 2.16. The number of aryl methyl sites for hydroxylation is 1. The summed E-state index contributed by atoms with van der Waals surface area (Å²) in [5.74, 6) is -2.39. The zero-order valence-corrected chi connectivity index (χ0v) is 15.8. The molecule has 0 amide bonds. The van der Waals surface area contributed by atoms with Crippen LogP contribution in [-0.4, -0.2) is 38.7 Å². The number of carbonyl (C=O) groups excluding carboxylic acids is 2. The van der Waals surface area contributed by atoms with E-state index in [1.54, 1.807) is 0 Å². The SMILES string of the molecule is CC(=N)/C(C(C)=O)=C(\O)COC(=O)CCCn1c(=O)oc2cc([N+](=O)[O-])ccc21. The van der Waals surface area contributed by atoms with Gasteiger partial charge >= 0.3 is 11.7 Å². The number of hydrogen-bond acceptors (Lipinski definition) is 9. The van der Waals surface area contributed by atoms with Gasteiger partial charge in [0.05, 0.1) is 22.1 Å². The van der Waals surface area contributed by atoms with Crippen LogP contribution in [0.15, 0.2) is 38.7 Å². The molecule has 0 unspecified atom stereocenters. The summed E-state index contributed by atoms with van der Waals surface area (Å²) in [4.78, 5) is 45.3. The Morgan fingerprint density at radius 3 is 2.62 bits per heavy atom. The molecule has 11 nitrogen and oxygen atoms in total. The molecule has 154 valence electrons. The highest BCUT2D eigenvalue weighted by Crippen LogP contribution is 2.20. The molecular weight excluding hydrogens is 386 g/mol. The number of oxazole rings is 1. The van der Waals surface area contributed by atoms with E-state index in [-0.39, 0.29) is 41.9 Å². The predicted molar refractivity (Wildman–Crippen MR) is 101 cm³/mol. The molecular formula is C18H19N3O8. The van der Waals surface area contributed by atoms with Crippen LogP contribution in [0.25, 0.3) is 11.1 Å². The van der Waals surface area contributed by atoms with Gasteiger partial charge in [0.15, 0.2) is 11.4 Å². The van der Waals surface area contributed by atoms with Gasteiger partial charge in [-0.3, -0.25) is 24.3 Å². The highest BCUT2D eigenvalue weighted by molar-refractivity contribution is 6.19. The van der Waals surface area contributed by atoms with Crippen molar-refractivity contribution in [1.29, 1.82) is 5.41 Å². The second-order valence-corrected chi connectivity index (χ2v) is 6.20. The molecule has 1 aromatic carbocycles. The maximum atomic E-state index is 11.9. The molecule has 0 bridgehead atoms. The van der Waals surface area contributed by atoms with Crippen LogP contribution in [0.3, 0.4) is 0 Å². The van der Waals surface area contributed by atoms with Crippen molar-refractivity contribution in [2.45, 2.75) is 33.2 Å². The molecule has 0 saturated heterocycles. The monoisotopic (exact) mass is 405 g/mol. The number of ketones is 1. The van der Waals surface area contributed by atoms with Crippen LogP contribution >= 0.6 is 0 Å². The first-order chi connectivity index (χ1) is 13.6. The van der Waals surface area contributed by atoms with Gasteiger partial charge in [-0.25, -0.2) is 4.79 Å². The maximum Gasteiger partial charge on any atom is 0.419 e. The van der Waals surface area contributed by atoms with Crippen LogP contribution in [0, 0.1) is 15.5 Å². The molecule has 2 N–H and O–H groups in total. The van der Waals surface area contributed by atoms with Crippen molar-refractivity contribution >= 4 is 34.3 Å². The molecule has 1 heterocycles. The number of non-ortho nitro benzene ring substituents is 1. The van der Waals surface area contributed by atoms with E-state index in [1.807, 2.05) is 0 Å². The Kier molecular flexibility index (Phi) is 6.65. The summed E-state index contributed by atoms with van der Waals surface area (Å²) >= 11 is 0. The predicted octanol–water partition coefficient (Wildman–Crippen LogP) is 2.27. The minimum absolute atomic E-state index is 0.0700. The molecule has 0 spiro atoms. The molecule has 2 aromatic rings. The number of allylic oxidation sites excluding steroid dienone is 1. The van der Waals surface area contributed by atoms with Crippen molar-refractivity contribution in [3.63, 3.8) is 0 Å². The van der Waals surface area contributed by atoms with Gasteiger partial charge in [0.1, 0.15) is 12.4 Å². The largest absolute Gasteiger partial charge is 0.508 e. The number of aromatic nitrogens is 1. The van der Waals surface area contributed by atoms with E-state index in [4.69, 9.17) is 14.6 Å². The number of Topliss-reactive ketones (excluding diaryl/α,β-unsaturated/α-hetero) is 1. The summed E-state index contributed by atoms with van der Waals surface area (Å²) in [5, 5.41) is 28.1. The molecule has 0 aliphatic carbocycles. The van der Waals surface area contributed by atoms with Gasteiger partial charge in [0, 0.05) is 24.7 Å². The molecule has 2 rings (SSSR count). The number of hydrogen-bond donors (Lipinski definition) is 2. The minimum Gasteiger partial charge on any atom is -0.508 e. The van der Waals surface area contributed by atoms with Crippen molar-refractivity contribution in [2.24, 2.45) is 0 Å². The number of carbonyl (C=O) groups is 2. The molecule has 1 aromatic heterocycles. The van der Waals surface area contributed by atoms with Crippen LogP contribution in [0.2, 0.25) is 0 Å². The van der Waals surface area contributed by atoms with Gasteiger partial charge in [-0.15, -0.1) is 0 Å². The number of nitrogens with zero attached hydrogens (tertiary/aromatic N) is 2. The fourth-order valence-corrected chi connectivity index (χ4v) is 2.74. The topological polar surface area (TPSA) is 166 Å². The zero-order valence-electron chi connectivity index (χ0n) is 15.8. The van der Waals surface area contributed by atoms with E-state index in [1.165, 1.54) is 30.5 Å². The van der Waals surface area contributed by atoms with E-state index in [0.29, 0.717) is 5.52 Å². The quantitative estimate of drug-likeness (QED) is 0.160. The van der Waals surface area contributed by atoms with Gasteiger partial charge < -0.3 is 19.7 Å². The first-order valence-corrected chi connectivity index (χ1v) is 8.53. The second-order valence-electron chi connectivity index (χ2n) is 6.20. The number of ether oxygens (including phenoxy) is 1. The molecule has 11 heteroatoms. The Labute approximate surface area is 163 Å². The molecule has 29 heavy (non-hydrogen) atoms. The number of aliphatic hydroxyl groups is 1. The number of nitro groups is 1. The number of nitro benzene ring substituents is 1. The Hall–Kier alpha value is -3.76. The lowest BCUT2D eigenvalue weighted by Crippen LogP contribution is -2.17. The fourth-order valence-electron chi connectivity index (χ4n) is 2.74. The van der Waals surface area contributed by atoms with E-state index in [9.17, 15) is 29.6 Å². The Balaban J connectivity index is 1.97. The van der Waals surface area contributed by atoms with Crippen molar-refractivity contribution in [1.82, 2.24) is 4.57 Å². The van der Waals surface area contributed by atoms with E-state index >= 15 is 0 Å². The highest BCUT2D eigenvalue weighted by atomic mass is 16.6. The van der Waals surface area contributed by atoms with Crippen LogP contribution in [0.4, 0.5) is 5.69 Å². The van der Waals surface area contributed by atoms with Crippen LogP contribution in [0.5, 0.6) is 0 Å². The molecule has 0 aliphatic heterocycles. The van der Waals surface area contributed by atoms with Crippen LogP contribution in [0.1, 0.15) is 26.7 Å². The molecule has 0 saturated carbocycles. The summed E-state index contributed by atoms with van der Waals surface area (Å²) in [6.45, 7) is 2.09. The smallest absolute Gasteiger partial charge is 0.419 e. The third-order valence-electron chi connectivity index (χ3n) is 4.01. The first kappa shape index (κ1) is 21.5. The van der Waals surface area contributed by atoms with E-state index in [2.05, 4.69) is 0 Å². The summed E-state index contributed by atoms with van der Waals surface area (Å²) in [7, 11) is 0. The van der Waals surface area contributed by atoms with Gasteiger partial charge in [0.25, 0.3) is 5.69 Å². The average molecular weight is 405 g/mol. The van der Waals surface area contributed by atoms with Gasteiger partial charge in [-0.2, -0.15) is 0 Å². The number of fused-ring (bicyclic) bond motifs is 1. The zero-order chi connectivity index (χ0) is 21.7.